The van der Waals surface area contributed by atoms with E-state index in [-0.39, 0.29) is 11.0 Å². The molecule has 0 amide bonds. The summed E-state index contributed by atoms with van der Waals surface area (Å²) in [6.07, 6.45) is 3.07. The van der Waals surface area contributed by atoms with Gasteiger partial charge in [-0.3, -0.25) is 15.3 Å². The first-order valence-corrected chi connectivity index (χ1v) is 12.5. The van der Waals surface area contributed by atoms with Gasteiger partial charge in [-0.05, 0) is 51.3 Å². The number of anilines is 1. The van der Waals surface area contributed by atoms with Crippen molar-refractivity contribution in [2.24, 2.45) is 4.99 Å². The fraction of sp³-hybridized carbons (Fsp3) is 0.355. The van der Waals surface area contributed by atoms with Crippen molar-refractivity contribution in [1.82, 2.24) is 0 Å². The van der Waals surface area contributed by atoms with Gasteiger partial charge in [0.1, 0.15) is 11.7 Å². The number of benzene rings is 3. The highest BCUT2D eigenvalue weighted by molar-refractivity contribution is 6.29. The van der Waals surface area contributed by atoms with Crippen LogP contribution in [0.1, 0.15) is 74.8 Å². The largest absolute Gasteiger partial charge is 0.284 e. The molecule has 0 aliphatic carbocycles. The molecule has 3 heteroatoms. The van der Waals surface area contributed by atoms with Gasteiger partial charge in [0, 0.05) is 22.2 Å². The molecule has 3 aromatic carbocycles. The number of nitrogens with one attached hydrogen (secondary N) is 1. The van der Waals surface area contributed by atoms with Crippen molar-refractivity contribution < 1.29 is 0 Å². The molecule has 0 radical (unpaired) electrons. The quantitative estimate of drug-likeness (QED) is 0.312. The number of nitrogens with zero attached hydrogens (tertiary/aromatic N) is 2. The third-order valence-electron chi connectivity index (χ3n) is 7.77. The molecular formula is C31H37N3. The van der Waals surface area contributed by atoms with Crippen molar-refractivity contribution in [2.45, 2.75) is 71.8 Å². The molecule has 1 aliphatic heterocycles. The summed E-state index contributed by atoms with van der Waals surface area (Å²) in [4.78, 5) is 7.58. The minimum Gasteiger partial charge on any atom is -0.284 e. The maximum Gasteiger partial charge on any atom is 0.142 e. The summed E-state index contributed by atoms with van der Waals surface area (Å²) in [5.74, 6) is 1.31. The fourth-order valence-corrected chi connectivity index (χ4v) is 5.35. The zero-order valence-electron chi connectivity index (χ0n) is 21.4. The van der Waals surface area contributed by atoms with E-state index in [0.717, 1.165) is 41.9 Å². The van der Waals surface area contributed by atoms with Gasteiger partial charge in [0.15, 0.2) is 0 Å². The highest BCUT2D eigenvalue weighted by atomic mass is 15.2. The van der Waals surface area contributed by atoms with E-state index in [9.17, 15) is 5.41 Å². The number of rotatable bonds is 5. The van der Waals surface area contributed by atoms with E-state index < -0.39 is 0 Å². The SMILES string of the molecule is CCC[C@@]1(C)N=C(N(C(=N)c2ccc(C)cc2)c2ccccc2)c2ccc(C)cc2C1(C)CC. The van der Waals surface area contributed by atoms with Crippen LogP contribution in [0.4, 0.5) is 5.69 Å². The van der Waals surface area contributed by atoms with E-state index in [0.29, 0.717) is 5.84 Å². The average molecular weight is 452 g/mol. The summed E-state index contributed by atoms with van der Waals surface area (Å²) in [6.45, 7) is 13.5. The van der Waals surface area contributed by atoms with Crippen molar-refractivity contribution in [3.8, 4) is 0 Å². The summed E-state index contributed by atoms with van der Waals surface area (Å²) >= 11 is 0. The van der Waals surface area contributed by atoms with Gasteiger partial charge in [-0.2, -0.15) is 0 Å². The Kier molecular flexibility index (Phi) is 6.49. The van der Waals surface area contributed by atoms with E-state index in [1.165, 1.54) is 16.7 Å². The van der Waals surface area contributed by atoms with Crippen LogP contribution in [0.5, 0.6) is 0 Å². The van der Waals surface area contributed by atoms with E-state index in [2.05, 4.69) is 84.0 Å². The monoisotopic (exact) mass is 451 g/mol. The molecule has 0 saturated carbocycles. The second-order valence-electron chi connectivity index (χ2n) is 10.1. The molecule has 1 heterocycles. The van der Waals surface area contributed by atoms with Crippen LogP contribution in [0.15, 0.2) is 77.8 Å². The van der Waals surface area contributed by atoms with Crippen LogP contribution in [-0.2, 0) is 5.41 Å². The van der Waals surface area contributed by atoms with E-state index >= 15 is 0 Å². The van der Waals surface area contributed by atoms with Crippen LogP contribution in [-0.4, -0.2) is 17.2 Å². The molecule has 34 heavy (non-hydrogen) atoms. The Hall–Kier alpha value is -3.20. The minimum absolute atomic E-state index is 0.0811. The Labute approximate surface area is 205 Å². The normalized spacial score (nSPS) is 21.5. The van der Waals surface area contributed by atoms with Crippen LogP contribution in [0.2, 0.25) is 0 Å². The second-order valence-corrected chi connectivity index (χ2v) is 10.1. The van der Waals surface area contributed by atoms with E-state index in [4.69, 9.17) is 4.99 Å². The zero-order chi connectivity index (χ0) is 24.5. The number of aliphatic imine (C=N–C) groups is 1. The number of hydrogen-bond acceptors (Lipinski definition) is 2. The lowest BCUT2D eigenvalue weighted by atomic mass is 9.61. The van der Waals surface area contributed by atoms with Gasteiger partial charge < -0.3 is 0 Å². The molecule has 0 spiro atoms. The molecule has 0 aromatic heterocycles. The standard InChI is InChI=1S/C31H37N3/c1-7-20-31(6)30(5,8-2)27-21-23(4)16-19-26(27)29(33-31)34(25-12-10-9-11-13-25)28(32)24-17-14-22(3)15-18-24/h9-19,21,32H,7-8,20H2,1-6H3/t30?,31-/m1/s1. The maximum atomic E-state index is 9.33. The Morgan fingerprint density at radius 1 is 0.882 bits per heavy atom. The van der Waals surface area contributed by atoms with Crippen LogP contribution in [0.25, 0.3) is 0 Å². The van der Waals surface area contributed by atoms with Crippen molar-refractivity contribution in [3.63, 3.8) is 0 Å². The maximum absolute atomic E-state index is 9.33. The summed E-state index contributed by atoms with van der Waals surface area (Å²) in [5, 5.41) is 9.33. The Morgan fingerprint density at radius 3 is 2.15 bits per heavy atom. The van der Waals surface area contributed by atoms with Gasteiger partial charge in [-0.15, -0.1) is 0 Å². The lowest BCUT2D eigenvalue weighted by molar-refractivity contribution is 0.228. The van der Waals surface area contributed by atoms with Crippen LogP contribution >= 0.6 is 0 Å². The number of amidine groups is 2. The van der Waals surface area contributed by atoms with Crippen LogP contribution in [0, 0.1) is 19.3 Å². The predicted molar refractivity (Wildman–Crippen MR) is 146 cm³/mol. The third-order valence-corrected chi connectivity index (χ3v) is 7.77. The molecule has 0 fully saturated rings. The van der Waals surface area contributed by atoms with Crippen molar-refractivity contribution in [3.05, 3.63) is 101 Å². The summed E-state index contributed by atoms with van der Waals surface area (Å²) in [6, 6.07) is 25.2. The predicted octanol–water partition coefficient (Wildman–Crippen LogP) is 7.82. The first-order chi connectivity index (χ1) is 16.2. The van der Waals surface area contributed by atoms with Crippen molar-refractivity contribution >= 4 is 17.4 Å². The van der Waals surface area contributed by atoms with Crippen molar-refractivity contribution in [2.75, 3.05) is 4.90 Å². The van der Waals surface area contributed by atoms with Crippen LogP contribution in [0.3, 0.4) is 0 Å². The number of hydrogen-bond donors (Lipinski definition) is 1. The molecular weight excluding hydrogens is 414 g/mol. The fourth-order valence-electron chi connectivity index (χ4n) is 5.35. The topological polar surface area (TPSA) is 39.5 Å². The third kappa shape index (κ3) is 3.98. The zero-order valence-corrected chi connectivity index (χ0v) is 21.4. The Bertz CT molecular complexity index is 1210. The van der Waals surface area contributed by atoms with E-state index in [1.807, 2.05) is 35.2 Å². The average Bonchev–Trinajstić information content (AvgIpc) is 2.83. The van der Waals surface area contributed by atoms with Gasteiger partial charge in [0.2, 0.25) is 0 Å². The van der Waals surface area contributed by atoms with Gasteiger partial charge >= 0.3 is 0 Å². The summed E-state index contributed by atoms with van der Waals surface area (Å²) in [7, 11) is 0. The first-order valence-electron chi connectivity index (χ1n) is 12.5. The molecule has 3 aromatic rings. The minimum atomic E-state index is -0.271. The number of fused-ring (bicyclic) bond motifs is 1. The Morgan fingerprint density at radius 2 is 1.53 bits per heavy atom. The van der Waals surface area contributed by atoms with Gasteiger partial charge in [-0.1, -0.05) is 99.0 Å². The summed E-state index contributed by atoms with van der Waals surface area (Å²) < 4.78 is 0. The first kappa shape index (κ1) is 23.9. The van der Waals surface area contributed by atoms with Gasteiger partial charge in [-0.25, -0.2) is 0 Å². The lowest BCUT2D eigenvalue weighted by Crippen LogP contribution is -2.53. The number of aryl methyl sites for hydroxylation is 2. The smallest absolute Gasteiger partial charge is 0.142 e. The van der Waals surface area contributed by atoms with Crippen LogP contribution < -0.4 is 4.90 Å². The van der Waals surface area contributed by atoms with Crippen molar-refractivity contribution in [1.29, 1.82) is 5.41 Å². The molecule has 1 unspecified atom stereocenters. The van der Waals surface area contributed by atoms with E-state index in [1.54, 1.807) is 0 Å². The highest BCUT2D eigenvalue weighted by Gasteiger charge is 2.49. The molecule has 4 rings (SSSR count). The molecule has 2 atom stereocenters. The Balaban J connectivity index is 2.00. The number of para-hydroxylation sites is 1. The highest BCUT2D eigenvalue weighted by Crippen LogP contribution is 2.49. The molecule has 0 saturated heterocycles. The summed E-state index contributed by atoms with van der Waals surface area (Å²) in [5.41, 5.74) is 6.41. The molecule has 3 nitrogen and oxygen atoms in total. The molecule has 1 N–H and O–H groups in total. The van der Waals surface area contributed by atoms with Gasteiger partial charge in [0.25, 0.3) is 0 Å². The lowest BCUT2D eigenvalue weighted by Gasteiger charge is -2.49. The van der Waals surface area contributed by atoms with Gasteiger partial charge in [0.05, 0.1) is 5.54 Å². The molecule has 0 bridgehead atoms. The molecule has 1 aliphatic rings. The second kappa shape index (κ2) is 9.21. The molecule has 176 valence electrons.